The van der Waals surface area contributed by atoms with E-state index in [1.807, 2.05) is 6.08 Å². The highest BCUT2D eigenvalue weighted by Gasteiger charge is 2.18. The van der Waals surface area contributed by atoms with Crippen LogP contribution in [0.15, 0.2) is 48.6 Å². The first-order valence-electron chi connectivity index (χ1n) is 30.4. The summed E-state index contributed by atoms with van der Waals surface area (Å²) in [6.07, 6.45) is 74.2. The minimum Gasteiger partial charge on any atom is -0.466 e. The second kappa shape index (κ2) is 58.4. The molecule has 0 saturated heterocycles. The van der Waals surface area contributed by atoms with Crippen molar-refractivity contribution < 1.29 is 24.5 Å². The molecule has 2 unspecified atom stereocenters. The lowest BCUT2D eigenvalue weighted by molar-refractivity contribution is -0.143. The van der Waals surface area contributed by atoms with Crippen molar-refractivity contribution in [2.24, 2.45) is 0 Å². The number of carbonyl (C=O) groups is 2. The van der Waals surface area contributed by atoms with Gasteiger partial charge in [-0.3, -0.25) is 9.59 Å². The second-order valence-electron chi connectivity index (χ2n) is 20.7. The van der Waals surface area contributed by atoms with Gasteiger partial charge in [-0.05, 0) is 89.9 Å². The maximum Gasteiger partial charge on any atom is 0.305 e. The van der Waals surface area contributed by atoms with Crippen molar-refractivity contribution in [3.8, 4) is 0 Å². The lowest BCUT2D eigenvalue weighted by Crippen LogP contribution is -2.45. The van der Waals surface area contributed by atoms with Crippen LogP contribution >= 0.6 is 0 Å². The Morgan fingerprint density at radius 1 is 0.406 bits per heavy atom. The van der Waals surface area contributed by atoms with Crippen LogP contribution in [0.4, 0.5) is 0 Å². The summed E-state index contributed by atoms with van der Waals surface area (Å²) >= 11 is 0. The average Bonchev–Trinajstić information content (AvgIpc) is 3.35. The van der Waals surface area contributed by atoms with E-state index in [4.69, 9.17) is 4.74 Å². The van der Waals surface area contributed by atoms with E-state index in [1.54, 1.807) is 6.08 Å². The molecule has 0 fully saturated rings. The lowest BCUT2D eigenvalue weighted by atomic mass is 10.0. The third kappa shape index (κ3) is 55.0. The summed E-state index contributed by atoms with van der Waals surface area (Å²) in [5.41, 5.74) is 0. The van der Waals surface area contributed by atoms with E-state index in [9.17, 15) is 19.8 Å². The van der Waals surface area contributed by atoms with Gasteiger partial charge in [0.2, 0.25) is 5.91 Å². The molecule has 1 amide bonds. The predicted molar refractivity (Wildman–Crippen MR) is 301 cm³/mol. The fraction of sp³-hybridized carbons (Fsp3) is 0.841. The van der Waals surface area contributed by atoms with Crippen LogP contribution < -0.4 is 5.32 Å². The number of hydrogen-bond donors (Lipinski definition) is 3. The number of aliphatic hydroxyl groups excluding tert-OH is 2. The molecule has 69 heavy (non-hydrogen) atoms. The van der Waals surface area contributed by atoms with Crippen LogP contribution in [0.5, 0.6) is 0 Å². The average molecular weight is 969 g/mol. The first-order chi connectivity index (χ1) is 34.0. The Hall–Kier alpha value is -2.18. The molecule has 0 heterocycles. The molecule has 0 aromatic heterocycles. The van der Waals surface area contributed by atoms with Gasteiger partial charge in [0.25, 0.3) is 0 Å². The van der Waals surface area contributed by atoms with Crippen LogP contribution in [0.1, 0.15) is 316 Å². The van der Waals surface area contributed by atoms with Gasteiger partial charge in [0.1, 0.15) is 0 Å². The van der Waals surface area contributed by atoms with Gasteiger partial charge in [-0.1, -0.05) is 262 Å². The van der Waals surface area contributed by atoms with Gasteiger partial charge in [0.15, 0.2) is 0 Å². The van der Waals surface area contributed by atoms with E-state index in [0.717, 1.165) is 70.6 Å². The number of esters is 1. The van der Waals surface area contributed by atoms with Gasteiger partial charge < -0.3 is 20.3 Å². The second-order valence-corrected chi connectivity index (χ2v) is 20.7. The standard InChI is InChI=1S/C63H117NO5/c1-3-5-7-9-11-13-15-17-19-20-21-22-23-24-28-31-35-39-43-47-51-55-61(66)60(59-65)64-62(67)56-52-48-44-40-36-32-29-25-26-30-34-38-42-46-50-54-58-69-63(68)57-53-49-45-41-37-33-27-18-16-14-12-10-8-6-4-2/h12,14,18,25,27,29,51,55,60-61,65-66H,3-11,13,15-17,19-24,26,28,30-50,52-54,56-59H2,1-2H3,(H,64,67)/b14-12-,27-18-,29-25-,55-51+. The monoisotopic (exact) mass is 968 g/mol. The van der Waals surface area contributed by atoms with Gasteiger partial charge >= 0.3 is 5.97 Å². The molecule has 6 heteroatoms. The summed E-state index contributed by atoms with van der Waals surface area (Å²) in [7, 11) is 0. The number of unbranched alkanes of at least 4 members (excludes halogenated alkanes) is 39. The minimum atomic E-state index is -0.857. The summed E-state index contributed by atoms with van der Waals surface area (Å²) in [5.74, 6) is -0.102. The number of hydrogen-bond acceptors (Lipinski definition) is 5. The van der Waals surface area contributed by atoms with Crippen molar-refractivity contribution in [1.29, 1.82) is 0 Å². The Morgan fingerprint density at radius 3 is 1.14 bits per heavy atom. The zero-order valence-electron chi connectivity index (χ0n) is 46.0. The molecule has 0 aromatic rings. The smallest absolute Gasteiger partial charge is 0.305 e. The number of ether oxygens (including phenoxy) is 1. The highest BCUT2D eigenvalue weighted by atomic mass is 16.5. The number of rotatable bonds is 56. The fourth-order valence-electron chi connectivity index (χ4n) is 9.13. The van der Waals surface area contributed by atoms with Crippen LogP contribution in [0.25, 0.3) is 0 Å². The Labute approximate surface area is 429 Å². The topological polar surface area (TPSA) is 95.9 Å². The van der Waals surface area contributed by atoms with E-state index >= 15 is 0 Å². The van der Waals surface area contributed by atoms with Crippen molar-refractivity contribution in [2.45, 2.75) is 328 Å². The summed E-state index contributed by atoms with van der Waals surface area (Å²) < 4.78 is 5.46. The quantitative estimate of drug-likeness (QED) is 0.0321. The van der Waals surface area contributed by atoms with Crippen LogP contribution in [0.2, 0.25) is 0 Å². The Morgan fingerprint density at radius 2 is 0.725 bits per heavy atom. The van der Waals surface area contributed by atoms with E-state index in [2.05, 4.69) is 55.6 Å². The zero-order valence-corrected chi connectivity index (χ0v) is 46.0. The van der Waals surface area contributed by atoms with Gasteiger partial charge in [0, 0.05) is 12.8 Å². The molecule has 3 N–H and O–H groups in total. The van der Waals surface area contributed by atoms with E-state index in [0.29, 0.717) is 19.4 Å². The third-order valence-electron chi connectivity index (χ3n) is 13.8. The van der Waals surface area contributed by atoms with Crippen LogP contribution in [0, 0.1) is 0 Å². The predicted octanol–water partition coefficient (Wildman–Crippen LogP) is 19.0. The van der Waals surface area contributed by atoms with Crippen molar-refractivity contribution in [2.75, 3.05) is 13.2 Å². The molecule has 6 nitrogen and oxygen atoms in total. The van der Waals surface area contributed by atoms with Crippen molar-refractivity contribution in [3.05, 3.63) is 48.6 Å². The largest absolute Gasteiger partial charge is 0.466 e. The Kier molecular flexibility index (Phi) is 56.5. The van der Waals surface area contributed by atoms with Gasteiger partial charge in [-0.2, -0.15) is 0 Å². The maximum atomic E-state index is 12.5. The summed E-state index contributed by atoms with van der Waals surface area (Å²) in [6, 6.07) is -0.642. The first kappa shape index (κ1) is 66.8. The molecule has 0 aliphatic heterocycles. The van der Waals surface area contributed by atoms with Gasteiger partial charge in [-0.25, -0.2) is 0 Å². The third-order valence-corrected chi connectivity index (χ3v) is 13.8. The summed E-state index contributed by atoms with van der Waals surface area (Å²) in [4.78, 5) is 24.5. The minimum absolute atomic E-state index is 0.0180. The highest BCUT2D eigenvalue weighted by Crippen LogP contribution is 2.16. The Balaban J connectivity index is 3.51. The number of amides is 1. The van der Waals surface area contributed by atoms with Crippen LogP contribution in [0.3, 0.4) is 0 Å². The molecule has 0 bridgehead atoms. The van der Waals surface area contributed by atoms with Crippen molar-refractivity contribution in [3.63, 3.8) is 0 Å². The van der Waals surface area contributed by atoms with Gasteiger partial charge in [-0.15, -0.1) is 0 Å². The molecule has 0 aliphatic carbocycles. The molecule has 0 aromatic carbocycles. The van der Waals surface area contributed by atoms with E-state index in [-0.39, 0.29) is 18.5 Å². The van der Waals surface area contributed by atoms with Crippen LogP contribution in [-0.2, 0) is 14.3 Å². The number of nitrogens with one attached hydrogen (secondary N) is 1. The first-order valence-corrected chi connectivity index (χ1v) is 30.4. The molecule has 0 saturated carbocycles. The van der Waals surface area contributed by atoms with E-state index < -0.39 is 12.1 Å². The fourth-order valence-corrected chi connectivity index (χ4v) is 9.13. The number of carbonyl (C=O) groups excluding carboxylic acids is 2. The van der Waals surface area contributed by atoms with Crippen LogP contribution in [-0.4, -0.2) is 47.4 Å². The summed E-state index contributed by atoms with van der Waals surface area (Å²) in [5, 5.41) is 23.2. The number of allylic oxidation sites excluding steroid dienone is 7. The molecule has 404 valence electrons. The molecule has 0 spiro atoms. The molecular weight excluding hydrogens is 851 g/mol. The van der Waals surface area contributed by atoms with Crippen molar-refractivity contribution in [1.82, 2.24) is 5.32 Å². The SMILES string of the molecule is CCCCC/C=C\C/C=C\CCCCCCCC(=O)OCCCCCCCCC/C=C\CCCCCCCC(=O)NC(CO)C(O)/C=C/CCCCCCCCCCCCCCCCCCCCC. The van der Waals surface area contributed by atoms with E-state index in [1.165, 1.54) is 218 Å². The maximum absolute atomic E-state index is 12.5. The highest BCUT2D eigenvalue weighted by molar-refractivity contribution is 5.76. The summed E-state index contributed by atoms with van der Waals surface area (Å²) in [6.45, 7) is 4.86. The van der Waals surface area contributed by atoms with Gasteiger partial charge in [0.05, 0.1) is 25.4 Å². The van der Waals surface area contributed by atoms with Crippen molar-refractivity contribution >= 4 is 11.9 Å². The zero-order chi connectivity index (χ0) is 50.0. The molecule has 0 rings (SSSR count). The molecule has 0 aliphatic rings. The molecule has 2 atom stereocenters. The number of aliphatic hydroxyl groups is 2. The lowest BCUT2D eigenvalue weighted by Gasteiger charge is -2.20. The molecular formula is C63H117NO5. The Bertz CT molecular complexity index is 1160. The molecule has 0 radical (unpaired) electrons. The normalized spacial score (nSPS) is 12.9.